The number of sulfonamides is 1. The van der Waals surface area contributed by atoms with Crippen LogP contribution in [0.3, 0.4) is 0 Å². The van der Waals surface area contributed by atoms with Gasteiger partial charge >= 0.3 is 0 Å². The summed E-state index contributed by atoms with van der Waals surface area (Å²) in [6, 6.07) is 4.27. The Hall–Kier alpha value is -1.47. The number of aryl methyl sites for hydroxylation is 1. The molecule has 26 heavy (non-hydrogen) atoms. The van der Waals surface area contributed by atoms with Crippen LogP contribution in [0.2, 0.25) is 0 Å². The van der Waals surface area contributed by atoms with Crippen molar-refractivity contribution in [1.29, 1.82) is 0 Å². The van der Waals surface area contributed by atoms with Crippen LogP contribution in [0.1, 0.15) is 44.1 Å². The average molecular weight is 380 g/mol. The normalized spacial score (nSPS) is 27.9. The van der Waals surface area contributed by atoms with Crippen molar-refractivity contribution < 1.29 is 17.6 Å². The largest absolute Gasteiger partial charge is 0.339 e. The lowest BCUT2D eigenvalue weighted by atomic mass is 9.74. The molecule has 2 heterocycles. The van der Waals surface area contributed by atoms with Crippen LogP contribution in [0, 0.1) is 18.2 Å². The molecule has 2 saturated heterocycles. The summed E-state index contributed by atoms with van der Waals surface area (Å²) < 4.78 is 41.5. The van der Waals surface area contributed by atoms with Crippen LogP contribution >= 0.6 is 0 Å². The number of halogens is 1. The van der Waals surface area contributed by atoms with E-state index < -0.39 is 15.8 Å². The van der Waals surface area contributed by atoms with Crippen LogP contribution in [0.4, 0.5) is 4.39 Å². The molecule has 3 aliphatic rings. The number of nitrogens with zero attached hydrogens (tertiary/aromatic N) is 2. The minimum Gasteiger partial charge on any atom is -0.339 e. The molecule has 0 bridgehead atoms. The number of hydrogen-bond acceptors (Lipinski definition) is 3. The fourth-order valence-electron chi connectivity index (χ4n) is 4.46. The SMILES string of the molecule is Cc1ccc(F)cc1S(=O)(=O)N1CCC[C@]2(CCC(=O)N(C3CC3)C2)C1. The third-order valence-corrected chi connectivity index (χ3v) is 8.06. The highest BCUT2D eigenvalue weighted by atomic mass is 32.2. The second-order valence-corrected chi connectivity index (χ2v) is 10.0. The van der Waals surface area contributed by atoms with Crippen LogP contribution < -0.4 is 0 Å². The van der Waals surface area contributed by atoms with Crippen LogP contribution in [0.15, 0.2) is 23.1 Å². The van der Waals surface area contributed by atoms with Crippen LogP contribution in [0.5, 0.6) is 0 Å². The lowest BCUT2D eigenvalue weighted by molar-refractivity contribution is -0.139. The minimum atomic E-state index is -3.74. The van der Waals surface area contributed by atoms with Gasteiger partial charge in [-0.3, -0.25) is 4.79 Å². The van der Waals surface area contributed by atoms with Crippen molar-refractivity contribution in [1.82, 2.24) is 9.21 Å². The van der Waals surface area contributed by atoms with E-state index in [-0.39, 0.29) is 16.2 Å². The van der Waals surface area contributed by atoms with E-state index in [2.05, 4.69) is 0 Å². The molecule has 1 saturated carbocycles. The predicted molar refractivity (Wildman–Crippen MR) is 95.5 cm³/mol. The molecule has 142 valence electrons. The molecule has 1 aliphatic carbocycles. The third-order valence-electron chi connectivity index (χ3n) is 6.08. The molecular weight excluding hydrogens is 355 g/mol. The second-order valence-electron chi connectivity index (χ2n) is 8.10. The maximum Gasteiger partial charge on any atom is 0.243 e. The summed E-state index contributed by atoms with van der Waals surface area (Å²) in [7, 11) is -3.74. The van der Waals surface area contributed by atoms with Crippen molar-refractivity contribution in [2.24, 2.45) is 5.41 Å². The molecule has 0 aromatic heterocycles. The van der Waals surface area contributed by atoms with Crippen molar-refractivity contribution in [2.45, 2.75) is 56.4 Å². The highest BCUT2D eigenvalue weighted by molar-refractivity contribution is 7.89. The maximum atomic E-state index is 13.7. The minimum absolute atomic E-state index is 0.0560. The number of hydrogen-bond donors (Lipinski definition) is 0. The molecular formula is C19H25FN2O3S. The van der Waals surface area contributed by atoms with Gasteiger partial charge in [-0.15, -0.1) is 0 Å². The first-order valence-electron chi connectivity index (χ1n) is 9.37. The molecule has 1 spiro atoms. The first kappa shape index (κ1) is 17.9. The van der Waals surface area contributed by atoms with Gasteiger partial charge in [0.15, 0.2) is 0 Å². The molecule has 5 nitrogen and oxygen atoms in total. The zero-order chi connectivity index (χ0) is 18.5. The van der Waals surface area contributed by atoms with Crippen LogP contribution in [-0.2, 0) is 14.8 Å². The number of amides is 1. The van der Waals surface area contributed by atoms with Crippen molar-refractivity contribution >= 4 is 15.9 Å². The van der Waals surface area contributed by atoms with Gasteiger partial charge in [-0.2, -0.15) is 4.31 Å². The molecule has 1 aromatic rings. The summed E-state index contributed by atoms with van der Waals surface area (Å²) in [4.78, 5) is 14.3. The zero-order valence-electron chi connectivity index (χ0n) is 15.1. The molecule has 0 unspecified atom stereocenters. The topological polar surface area (TPSA) is 57.7 Å². The molecule has 1 atom stereocenters. The van der Waals surface area contributed by atoms with Gasteiger partial charge in [0, 0.05) is 37.5 Å². The van der Waals surface area contributed by atoms with E-state index in [0.29, 0.717) is 37.7 Å². The van der Waals surface area contributed by atoms with E-state index in [1.165, 1.54) is 16.4 Å². The first-order chi connectivity index (χ1) is 12.3. The summed E-state index contributed by atoms with van der Waals surface area (Å²) in [5.74, 6) is -0.330. The van der Waals surface area contributed by atoms with Crippen LogP contribution in [0.25, 0.3) is 0 Å². The summed E-state index contributed by atoms with van der Waals surface area (Å²) >= 11 is 0. The number of benzene rings is 1. The number of rotatable bonds is 3. The van der Waals surface area contributed by atoms with E-state index in [1.807, 2.05) is 4.90 Å². The number of carbonyl (C=O) groups is 1. The Balaban J connectivity index is 1.60. The molecule has 1 amide bonds. The third kappa shape index (κ3) is 3.16. The Morgan fingerprint density at radius 2 is 1.96 bits per heavy atom. The molecule has 1 aromatic carbocycles. The fourth-order valence-corrected chi connectivity index (χ4v) is 6.28. The zero-order valence-corrected chi connectivity index (χ0v) is 15.9. The summed E-state index contributed by atoms with van der Waals surface area (Å²) in [5.41, 5.74) is 0.396. The number of carbonyl (C=O) groups excluding carboxylic acids is 1. The summed E-state index contributed by atoms with van der Waals surface area (Å²) in [6.45, 7) is 3.23. The second kappa shape index (κ2) is 6.30. The maximum absolute atomic E-state index is 13.7. The van der Waals surface area contributed by atoms with E-state index in [0.717, 1.165) is 38.2 Å². The Bertz CT molecular complexity index is 837. The molecule has 4 rings (SSSR count). The van der Waals surface area contributed by atoms with E-state index in [1.54, 1.807) is 6.92 Å². The lowest BCUT2D eigenvalue weighted by Gasteiger charge is -2.48. The van der Waals surface area contributed by atoms with Gasteiger partial charge in [-0.05, 0) is 56.7 Å². The highest BCUT2D eigenvalue weighted by Gasteiger charge is 2.47. The number of piperidine rings is 2. The Labute approximate surface area is 154 Å². The summed E-state index contributed by atoms with van der Waals surface area (Å²) in [5, 5.41) is 0. The highest BCUT2D eigenvalue weighted by Crippen LogP contribution is 2.43. The van der Waals surface area contributed by atoms with Gasteiger partial charge in [0.1, 0.15) is 5.82 Å². The van der Waals surface area contributed by atoms with Gasteiger partial charge in [0.25, 0.3) is 0 Å². The quantitative estimate of drug-likeness (QED) is 0.810. The molecule has 7 heteroatoms. The van der Waals surface area contributed by atoms with Crippen molar-refractivity contribution in [3.63, 3.8) is 0 Å². The smallest absolute Gasteiger partial charge is 0.243 e. The van der Waals surface area contributed by atoms with Gasteiger partial charge in [0.05, 0.1) is 4.90 Å². The lowest BCUT2D eigenvalue weighted by Crippen LogP contribution is -2.55. The van der Waals surface area contributed by atoms with E-state index in [9.17, 15) is 17.6 Å². The van der Waals surface area contributed by atoms with Gasteiger partial charge < -0.3 is 4.90 Å². The molecule has 0 radical (unpaired) electrons. The monoisotopic (exact) mass is 380 g/mol. The number of likely N-dealkylation sites (tertiary alicyclic amines) is 1. The van der Waals surface area contributed by atoms with E-state index in [4.69, 9.17) is 0 Å². The molecule has 2 aliphatic heterocycles. The standard InChI is InChI=1S/C19H25FN2O3S/c1-14-3-4-15(20)11-17(14)26(24,25)21-10-2-8-19(12-21)9-7-18(23)22(13-19)16-5-6-16/h3-4,11,16H,2,5-10,12-13H2,1H3/t19-/m0/s1. The van der Waals surface area contributed by atoms with Crippen LogP contribution in [-0.4, -0.2) is 49.2 Å². The van der Waals surface area contributed by atoms with Crippen molar-refractivity contribution in [3.05, 3.63) is 29.6 Å². The Morgan fingerprint density at radius 1 is 1.19 bits per heavy atom. The van der Waals surface area contributed by atoms with Gasteiger partial charge in [-0.1, -0.05) is 6.07 Å². The predicted octanol–water partition coefficient (Wildman–Crippen LogP) is 2.69. The average Bonchev–Trinajstić information content (AvgIpc) is 3.44. The van der Waals surface area contributed by atoms with Crippen molar-refractivity contribution in [2.75, 3.05) is 19.6 Å². The Morgan fingerprint density at radius 3 is 2.69 bits per heavy atom. The Kier molecular flexibility index (Phi) is 4.34. The van der Waals surface area contributed by atoms with Crippen molar-refractivity contribution in [3.8, 4) is 0 Å². The first-order valence-corrected chi connectivity index (χ1v) is 10.8. The van der Waals surface area contributed by atoms with Gasteiger partial charge in [0.2, 0.25) is 15.9 Å². The van der Waals surface area contributed by atoms with E-state index >= 15 is 0 Å². The van der Waals surface area contributed by atoms with Gasteiger partial charge in [-0.25, -0.2) is 12.8 Å². The molecule has 0 N–H and O–H groups in total. The summed E-state index contributed by atoms with van der Waals surface area (Å²) in [6.07, 6.45) is 5.09. The fraction of sp³-hybridized carbons (Fsp3) is 0.632. The molecule has 3 fully saturated rings.